The average Bonchev–Trinajstić information content (AvgIpc) is 2.66. The van der Waals surface area contributed by atoms with Crippen molar-refractivity contribution in [3.05, 3.63) is 70.8 Å². The molecule has 0 unspecified atom stereocenters. The van der Waals surface area contributed by atoms with Gasteiger partial charge in [0.25, 0.3) is 0 Å². The molecular weight excluding hydrogens is 310 g/mol. The molecule has 0 saturated carbocycles. The topological polar surface area (TPSA) is 66.5 Å². The molecule has 4 N–H and O–H groups in total. The van der Waals surface area contributed by atoms with E-state index < -0.39 is 5.54 Å². The second-order valence-corrected chi connectivity index (χ2v) is 7.09. The van der Waals surface area contributed by atoms with Crippen LogP contribution in [0.3, 0.4) is 0 Å². The summed E-state index contributed by atoms with van der Waals surface area (Å²) in [6.07, 6.45) is 5.90. The molecule has 0 bridgehead atoms. The maximum Gasteiger partial charge on any atom is 0.0633 e. The maximum atomic E-state index is 9.25. The molecule has 0 fully saturated rings. The molecule has 136 valence electrons. The Morgan fingerprint density at radius 2 is 1.20 bits per heavy atom. The molecule has 0 aliphatic heterocycles. The second-order valence-electron chi connectivity index (χ2n) is 7.09. The minimum absolute atomic E-state index is 0.199. The summed E-state index contributed by atoms with van der Waals surface area (Å²) in [5.41, 5.74) is 10.2. The van der Waals surface area contributed by atoms with E-state index in [0.29, 0.717) is 6.42 Å². The molecule has 0 aliphatic carbocycles. The van der Waals surface area contributed by atoms with Gasteiger partial charge in [-0.2, -0.15) is 0 Å². The van der Waals surface area contributed by atoms with Gasteiger partial charge in [-0.15, -0.1) is 0 Å². The fourth-order valence-corrected chi connectivity index (χ4v) is 2.87. The van der Waals surface area contributed by atoms with Gasteiger partial charge in [-0.1, -0.05) is 61.9 Å². The highest BCUT2D eigenvalue weighted by Crippen LogP contribution is 2.16. The van der Waals surface area contributed by atoms with Crippen molar-refractivity contribution in [1.29, 1.82) is 0 Å². The standard InChI is InChI=1S/C22H31NO2/c1-2-3-4-18-5-9-20(10-6-18)15-21-11-7-19(8-12-21)13-14-22(23,16-24)17-25/h5-12,24-25H,2-4,13-17,23H2,1H3. The Kier molecular flexibility index (Phi) is 7.63. The maximum absolute atomic E-state index is 9.25. The van der Waals surface area contributed by atoms with Crippen LogP contribution in [0.2, 0.25) is 0 Å². The summed E-state index contributed by atoms with van der Waals surface area (Å²) in [5, 5.41) is 18.5. The van der Waals surface area contributed by atoms with Gasteiger partial charge in [-0.05, 0) is 54.4 Å². The third kappa shape index (κ3) is 6.28. The van der Waals surface area contributed by atoms with Gasteiger partial charge in [0.05, 0.1) is 18.8 Å². The van der Waals surface area contributed by atoms with Gasteiger partial charge in [0, 0.05) is 0 Å². The third-order valence-corrected chi connectivity index (χ3v) is 4.81. The molecule has 0 aliphatic rings. The van der Waals surface area contributed by atoms with Crippen molar-refractivity contribution in [3.63, 3.8) is 0 Å². The Bertz CT molecular complexity index is 615. The Labute approximate surface area is 151 Å². The molecule has 25 heavy (non-hydrogen) atoms. The first-order valence-corrected chi connectivity index (χ1v) is 9.25. The summed E-state index contributed by atoms with van der Waals surface area (Å²) in [6, 6.07) is 17.5. The van der Waals surface area contributed by atoms with E-state index in [4.69, 9.17) is 5.73 Å². The summed E-state index contributed by atoms with van der Waals surface area (Å²) in [6.45, 7) is 1.82. The first-order chi connectivity index (χ1) is 12.1. The molecule has 0 spiro atoms. The number of rotatable bonds is 10. The molecule has 3 nitrogen and oxygen atoms in total. The number of aliphatic hydroxyl groups excluding tert-OH is 2. The first-order valence-electron chi connectivity index (χ1n) is 9.25. The van der Waals surface area contributed by atoms with E-state index in [1.807, 2.05) is 0 Å². The molecule has 0 heterocycles. The largest absolute Gasteiger partial charge is 0.394 e. The Hall–Kier alpha value is -1.68. The van der Waals surface area contributed by atoms with Crippen LogP contribution in [0.5, 0.6) is 0 Å². The molecule has 0 saturated heterocycles. The van der Waals surface area contributed by atoms with Gasteiger partial charge >= 0.3 is 0 Å². The lowest BCUT2D eigenvalue weighted by Crippen LogP contribution is -2.47. The molecule has 2 aromatic carbocycles. The quantitative estimate of drug-likeness (QED) is 0.621. The minimum Gasteiger partial charge on any atom is -0.394 e. The summed E-state index contributed by atoms with van der Waals surface area (Å²) >= 11 is 0. The normalized spacial score (nSPS) is 11.7. The molecule has 2 aromatic rings. The highest BCUT2D eigenvalue weighted by Gasteiger charge is 2.22. The number of hydrogen-bond donors (Lipinski definition) is 3. The Morgan fingerprint density at radius 3 is 1.64 bits per heavy atom. The van der Waals surface area contributed by atoms with Gasteiger partial charge < -0.3 is 15.9 Å². The van der Waals surface area contributed by atoms with E-state index in [1.54, 1.807) is 0 Å². The van der Waals surface area contributed by atoms with Crippen LogP contribution in [-0.4, -0.2) is 29.0 Å². The molecule has 0 atom stereocenters. The number of aliphatic hydroxyl groups is 2. The number of unbranched alkanes of at least 4 members (excludes halogenated alkanes) is 1. The van der Waals surface area contributed by atoms with Crippen LogP contribution in [0.4, 0.5) is 0 Å². The van der Waals surface area contributed by atoms with E-state index in [9.17, 15) is 10.2 Å². The van der Waals surface area contributed by atoms with Crippen LogP contribution in [0.15, 0.2) is 48.5 Å². The monoisotopic (exact) mass is 341 g/mol. The van der Waals surface area contributed by atoms with Gasteiger partial charge in [-0.25, -0.2) is 0 Å². The number of benzene rings is 2. The summed E-state index contributed by atoms with van der Waals surface area (Å²) in [7, 11) is 0. The zero-order valence-corrected chi connectivity index (χ0v) is 15.2. The van der Waals surface area contributed by atoms with Gasteiger partial charge in [0.1, 0.15) is 0 Å². The van der Waals surface area contributed by atoms with Crippen molar-refractivity contribution >= 4 is 0 Å². The number of hydrogen-bond acceptors (Lipinski definition) is 3. The van der Waals surface area contributed by atoms with Gasteiger partial charge in [-0.3, -0.25) is 0 Å². The number of nitrogens with two attached hydrogens (primary N) is 1. The first kappa shape index (κ1) is 19.6. The van der Waals surface area contributed by atoms with E-state index in [-0.39, 0.29) is 13.2 Å². The van der Waals surface area contributed by atoms with Crippen molar-refractivity contribution < 1.29 is 10.2 Å². The van der Waals surface area contributed by atoms with Crippen LogP contribution in [-0.2, 0) is 19.3 Å². The Balaban J connectivity index is 1.89. The van der Waals surface area contributed by atoms with Crippen molar-refractivity contribution in [2.75, 3.05) is 13.2 Å². The predicted molar refractivity (Wildman–Crippen MR) is 104 cm³/mol. The fourth-order valence-electron chi connectivity index (χ4n) is 2.87. The van der Waals surface area contributed by atoms with Crippen LogP contribution < -0.4 is 5.73 Å². The van der Waals surface area contributed by atoms with Crippen molar-refractivity contribution in [3.8, 4) is 0 Å². The second kappa shape index (κ2) is 9.71. The van der Waals surface area contributed by atoms with Crippen molar-refractivity contribution in [2.45, 2.75) is 51.0 Å². The van der Waals surface area contributed by atoms with Gasteiger partial charge in [0.2, 0.25) is 0 Å². The molecule has 0 amide bonds. The van der Waals surface area contributed by atoms with Crippen LogP contribution in [0, 0.1) is 0 Å². The minimum atomic E-state index is -0.891. The fraction of sp³-hybridized carbons (Fsp3) is 0.455. The average molecular weight is 341 g/mol. The SMILES string of the molecule is CCCCc1ccc(Cc2ccc(CCC(N)(CO)CO)cc2)cc1. The highest BCUT2D eigenvalue weighted by molar-refractivity contribution is 5.30. The van der Waals surface area contributed by atoms with Gasteiger partial charge in [0.15, 0.2) is 0 Å². The summed E-state index contributed by atoms with van der Waals surface area (Å²) in [5.74, 6) is 0. The summed E-state index contributed by atoms with van der Waals surface area (Å²) in [4.78, 5) is 0. The molecule has 2 rings (SSSR count). The van der Waals surface area contributed by atoms with E-state index >= 15 is 0 Å². The molecule has 3 heteroatoms. The lowest BCUT2D eigenvalue weighted by Gasteiger charge is -2.24. The Morgan fingerprint density at radius 1 is 0.760 bits per heavy atom. The number of aryl methyl sites for hydroxylation is 2. The van der Waals surface area contributed by atoms with E-state index in [2.05, 4.69) is 55.5 Å². The van der Waals surface area contributed by atoms with E-state index in [1.165, 1.54) is 35.1 Å². The molecular formula is C22H31NO2. The lowest BCUT2D eigenvalue weighted by molar-refractivity contribution is 0.115. The molecule has 0 aromatic heterocycles. The summed E-state index contributed by atoms with van der Waals surface area (Å²) < 4.78 is 0. The van der Waals surface area contributed by atoms with Crippen LogP contribution in [0.25, 0.3) is 0 Å². The highest BCUT2D eigenvalue weighted by atomic mass is 16.3. The van der Waals surface area contributed by atoms with Crippen molar-refractivity contribution in [2.24, 2.45) is 5.73 Å². The third-order valence-electron chi connectivity index (χ3n) is 4.81. The smallest absolute Gasteiger partial charge is 0.0633 e. The van der Waals surface area contributed by atoms with Crippen LogP contribution in [0.1, 0.15) is 48.4 Å². The lowest BCUT2D eigenvalue weighted by atomic mass is 9.93. The zero-order valence-electron chi connectivity index (χ0n) is 15.2. The zero-order chi connectivity index (χ0) is 18.1. The molecule has 0 radical (unpaired) electrons. The predicted octanol–water partition coefficient (Wildman–Crippen LogP) is 3.23. The van der Waals surface area contributed by atoms with E-state index in [0.717, 1.165) is 19.3 Å². The van der Waals surface area contributed by atoms with Crippen LogP contribution >= 0.6 is 0 Å². The van der Waals surface area contributed by atoms with Crippen molar-refractivity contribution in [1.82, 2.24) is 0 Å².